The summed E-state index contributed by atoms with van der Waals surface area (Å²) in [6.07, 6.45) is 1.80. The van der Waals surface area contributed by atoms with Gasteiger partial charge in [-0.2, -0.15) is 0 Å². The zero-order valence-electron chi connectivity index (χ0n) is 11.9. The second-order valence-electron chi connectivity index (χ2n) is 4.86. The summed E-state index contributed by atoms with van der Waals surface area (Å²) in [5.74, 6) is 1.04. The van der Waals surface area contributed by atoms with Gasteiger partial charge >= 0.3 is 0 Å². The summed E-state index contributed by atoms with van der Waals surface area (Å²) < 4.78 is 12.2. The van der Waals surface area contributed by atoms with E-state index < -0.39 is 0 Å². The van der Waals surface area contributed by atoms with Crippen molar-refractivity contribution in [2.45, 2.75) is 6.54 Å². The van der Waals surface area contributed by atoms with Crippen LogP contribution in [0.2, 0.25) is 0 Å². The van der Waals surface area contributed by atoms with Gasteiger partial charge in [-0.3, -0.25) is 4.79 Å². The van der Waals surface area contributed by atoms with E-state index >= 15 is 0 Å². The number of carbonyl (C=O) groups excluding carboxylic acids is 1. The van der Waals surface area contributed by atoms with E-state index in [1.165, 1.54) is 0 Å². The molecule has 4 rings (SSSR count). The highest BCUT2D eigenvalue weighted by atomic mass is 32.1. The van der Waals surface area contributed by atoms with E-state index in [0.29, 0.717) is 29.3 Å². The molecule has 3 aromatic rings. The first-order valence-corrected chi connectivity index (χ1v) is 7.80. The number of nitrogens with zero attached hydrogens (tertiary/aromatic N) is 3. The first kappa shape index (κ1) is 13.8. The van der Waals surface area contributed by atoms with Crippen molar-refractivity contribution in [2.24, 2.45) is 0 Å². The molecular weight excluding hydrogens is 316 g/mol. The number of rotatable bonds is 4. The predicted octanol–water partition coefficient (Wildman–Crippen LogP) is 1.99. The molecule has 23 heavy (non-hydrogen) atoms. The summed E-state index contributed by atoms with van der Waals surface area (Å²) in [4.78, 5) is 12.2. The highest BCUT2D eigenvalue weighted by molar-refractivity contribution is 7.12. The Morgan fingerprint density at radius 2 is 2.22 bits per heavy atom. The van der Waals surface area contributed by atoms with Crippen LogP contribution in [0, 0.1) is 0 Å². The minimum atomic E-state index is -0.200. The summed E-state index contributed by atoms with van der Waals surface area (Å²) >= 11 is 1.57. The molecule has 7 nitrogen and oxygen atoms in total. The number of carbonyl (C=O) groups is 1. The fraction of sp³-hybridized carbons (Fsp3) is 0.133. The van der Waals surface area contributed by atoms with Crippen LogP contribution in [0.25, 0.3) is 5.00 Å². The third-order valence-corrected chi connectivity index (χ3v) is 4.20. The molecule has 1 aliphatic rings. The average molecular weight is 328 g/mol. The third-order valence-electron chi connectivity index (χ3n) is 3.34. The Bertz CT molecular complexity index is 844. The number of nitrogens with one attached hydrogen (secondary N) is 1. The molecule has 0 spiro atoms. The molecular formula is C15H12N4O3S. The van der Waals surface area contributed by atoms with Gasteiger partial charge in [0, 0.05) is 5.56 Å². The quantitative estimate of drug-likeness (QED) is 0.792. The molecule has 0 aliphatic carbocycles. The first-order valence-electron chi connectivity index (χ1n) is 6.92. The summed E-state index contributed by atoms with van der Waals surface area (Å²) in [5.41, 5.74) is 1.20. The minimum absolute atomic E-state index is 0.187. The van der Waals surface area contributed by atoms with E-state index in [4.69, 9.17) is 9.47 Å². The number of aromatic nitrogens is 3. The van der Waals surface area contributed by atoms with E-state index in [1.54, 1.807) is 40.4 Å². The number of fused-ring (bicyclic) bond motifs is 1. The Hall–Kier alpha value is -2.87. The van der Waals surface area contributed by atoms with Crippen LogP contribution in [0.4, 0.5) is 0 Å². The molecule has 8 heteroatoms. The van der Waals surface area contributed by atoms with Crippen molar-refractivity contribution < 1.29 is 14.3 Å². The van der Waals surface area contributed by atoms with Crippen LogP contribution in [0.15, 0.2) is 41.9 Å². The van der Waals surface area contributed by atoms with Crippen molar-refractivity contribution in [1.82, 2.24) is 20.3 Å². The lowest BCUT2D eigenvalue weighted by molar-refractivity contribution is 0.0950. The van der Waals surface area contributed by atoms with E-state index in [0.717, 1.165) is 5.00 Å². The number of hydrogen-bond donors (Lipinski definition) is 1. The molecule has 0 bridgehead atoms. The highest BCUT2D eigenvalue weighted by Crippen LogP contribution is 2.32. The van der Waals surface area contributed by atoms with Crippen LogP contribution in [-0.4, -0.2) is 27.7 Å². The van der Waals surface area contributed by atoms with E-state index in [2.05, 4.69) is 15.6 Å². The fourth-order valence-corrected chi connectivity index (χ4v) is 2.85. The molecule has 3 heterocycles. The lowest BCUT2D eigenvalue weighted by Crippen LogP contribution is -2.22. The topological polar surface area (TPSA) is 78.3 Å². The van der Waals surface area contributed by atoms with Gasteiger partial charge in [-0.05, 0) is 35.7 Å². The standard InChI is InChI=1S/C15H12N4O3S/c20-15(10-3-4-12-13(6-10)22-9-21-12)16-7-11-8-19(18-17-11)14-2-1-5-23-14/h1-6,8H,7,9H2,(H,16,20). The Kier molecular flexibility index (Phi) is 3.43. The van der Waals surface area contributed by atoms with Crippen LogP contribution >= 0.6 is 11.3 Å². The van der Waals surface area contributed by atoms with Crippen molar-refractivity contribution in [3.05, 3.63) is 53.2 Å². The van der Waals surface area contributed by atoms with Crippen LogP contribution in [0.5, 0.6) is 11.5 Å². The van der Waals surface area contributed by atoms with Gasteiger partial charge in [0.1, 0.15) is 10.7 Å². The summed E-state index contributed by atoms with van der Waals surface area (Å²) in [6.45, 7) is 0.491. The first-order chi connectivity index (χ1) is 11.3. The smallest absolute Gasteiger partial charge is 0.251 e. The van der Waals surface area contributed by atoms with Gasteiger partial charge in [-0.15, -0.1) is 16.4 Å². The maximum atomic E-state index is 12.2. The summed E-state index contributed by atoms with van der Waals surface area (Å²) in [5, 5.41) is 13.9. The number of ether oxygens (including phenoxy) is 2. The second kappa shape index (κ2) is 5.73. The third kappa shape index (κ3) is 2.76. The van der Waals surface area contributed by atoms with E-state index in [1.807, 2.05) is 17.5 Å². The molecule has 0 unspecified atom stereocenters. The molecule has 1 aromatic carbocycles. The molecule has 0 atom stereocenters. The molecule has 1 N–H and O–H groups in total. The maximum Gasteiger partial charge on any atom is 0.251 e. The Labute approximate surface area is 135 Å². The zero-order valence-corrected chi connectivity index (χ0v) is 12.7. The monoisotopic (exact) mass is 328 g/mol. The Morgan fingerprint density at radius 1 is 1.30 bits per heavy atom. The van der Waals surface area contributed by atoms with Crippen LogP contribution in [0.3, 0.4) is 0 Å². The lowest BCUT2D eigenvalue weighted by atomic mass is 10.2. The molecule has 0 fully saturated rings. The van der Waals surface area contributed by atoms with E-state index in [9.17, 15) is 4.79 Å². The largest absolute Gasteiger partial charge is 0.454 e. The summed E-state index contributed by atoms with van der Waals surface area (Å²) in [7, 11) is 0. The van der Waals surface area contributed by atoms with Crippen molar-refractivity contribution >= 4 is 17.2 Å². The van der Waals surface area contributed by atoms with Gasteiger partial charge in [0.15, 0.2) is 11.5 Å². The lowest BCUT2D eigenvalue weighted by Gasteiger charge is -2.04. The maximum absolute atomic E-state index is 12.2. The molecule has 1 aliphatic heterocycles. The molecule has 0 saturated carbocycles. The van der Waals surface area contributed by atoms with Gasteiger partial charge in [0.2, 0.25) is 6.79 Å². The molecule has 116 valence electrons. The van der Waals surface area contributed by atoms with Crippen LogP contribution < -0.4 is 14.8 Å². The molecule has 0 saturated heterocycles. The normalized spacial score (nSPS) is 12.3. The van der Waals surface area contributed by atoms with Gasteiger partial charge in [-0.25, -0.2) is 4.68 Å². The highest BCUT2D eigenvalue weighted by Gasteiger charge is 2.16. The predicted molar refractivity (Wildman–Crippen MR) is 83.0 cm³/mol. The average Bonchev–Trinajstić information content (AvgIpc) is 3.32. The minimum Gasteiger partial charge on any atom is -0.454 e. The van der Waals surface area contributed by atoms with Gasteiger partial charge < -0.3 is 14.8 Å². The van der Waals surface area contributed by atoms with Gasteiger partial charge in [-0.1, -0.05) is 5.21 Å². The van der Waals surface area contributed by atoms with Crippen molar-refractivity contribution in [3.63, 3.8) is 0 Å². The summed E-state index contributed by atoms with van der Waals surface area (Å²) in [6, 6.07) is 8.99. The van der Waals surface area contributed by atoms with Crippen molar-refractivity contribution in [2.75, 3.05) is 6.79 Å². The molecule has 0 radical (unpaired) electrons. The van der Waals surface area contributed by atoms with Crippen LogP contribution in [-0.2, 0) is 6.54 Å². The SMILES string of the molecule is O=C(NCc1cn(-c2cccs2)nn1)c1ccc2c(c1)OCO2. The van der Waals surface area contributed by atoms with Crippen LogP contribution in [0.1, 0.15) is 16.1 Å². The fourth-order valence-electron chi connectivity index (χ4n) is 2.20. The number of benzene rings is 1. The van der Waals surface area contributed by atoms with Crippen molar-refractivity contribution in [3.8, 4) is 16.5 Å². The Morgan fingerprint density at radius 3 is 3.09 bits per heavy atom. The molecule has 1 amide bonds. The number of hydrogen-bond acceptors (Lipinski definition) is 6. The second-order valence-corrected chi connectivity index (χ2v) is 5.78. The van der Waals surface area contributed by atoms with Gasteiger partial charge in [0.05, 0.1) is 12.7 Å². The van der Waals surface area contributed by atoms with E-state index in [-0.39, 0.29) is 12.7 Å². The van der Waals surface area contributed by atoms with Crippen molar-refractivity contribution in [1.29, 1.82) is 0 Å². The molecule has 2 aromatic heterocycles. The number of amides is 1. The van der Waals surface area contributed by atoms with Gasteiger partial charge in [0.25, 0.3) is 5.91 Å². The Balaban J connectivity index is 1.42. The number of thiophene rings is 1. The zero-order chi connectivity index (χ0) is 15.6.